The molecule has 3 heteroatoms. The number of nitriles is 1. The fourth-order valence-electron chi connectivity index (χ4n) is 0.515. The van der Waals surface area contributed by atoms with Gasteiger partial charge < -0.3 is 0 Å². The van der Waals surface area contributed by atoms with E-state index >= 15 is 0 Å². The van der Waals surface area contributed by atoms with E-state index in [1.165, 1.54) is 11.3 Å². The quantitative estimate of drug-likeness (QED) is 0.634. The third kappa shape index (κ3) is 1.32. The molecular formula is C6H4BrNS. The van der Waals surface area contributed by atoms with Crippen molar-refractivity contribution in [3.05, 3.63) is 20.3 Å². The highest BCUT2D eigenvalue weighted by Gasteiger charge is 1.99. The summed E-state index contributed by atoms with van der Waals surface area (Å²) >= 11 is 4.82. The molecule has 46 valence electrons. The van der Waals surface area contributed by atoms with Crippen LogP contribution in [0.5, 0.6) is 0 Å². The predicted octanol–water partition coefficient (Wildman–Crippen LogP) is 2.69. The summed E-state index contributed by atoms with van der Waals surface area (Å²) in [4.78, 5) is 1.92. The number of hydrogen-bond donors (Lipinski definition) is 0. The number of hydrogen-bond acceptors (Lipinski definition) is 2. The summed E-state index contributed by atoms with van der Waals surface area (Å²) < 4.78 is 1.03. The number of nitrogens with zero attached hydrogens (tertiary/aromatic N) is 1. The van der Waals surface area contributed by atoms with E-state index < -0.39 is 0 Å². The second-order valence-electron chi connectivity index (χ2n) is 1.63. The van der Waals surface area contributed by atoms with Crippen molar-refractivity contribution in [3.8, 4) is 6.07 Å². The highest BCUT2D eigenvalue weighted by Crippen LogP contribution is 2.25. The Labute approximate surface area is 66.1 Å². The van der Waals surface area contributed by atoms with Gasteiger partial charge in [0.1, 0.15) is 10.9 Å². The van der Waals surface area contributed by atoms with Crippen LogP contribution in [0.25, 0.3) is 0 Å². The van der Waals surface area contributed by atoms with Crippen molar-refractivity contribution in [2.45, 2.75) is 6.92 Å². The lowest BCUT2D eigenvalue weighted by molar-refractivity contribution is 1.52. The summed E-state index contributed by atoms with van der Waals surface area (Å²) in [6.07, 6.45) is 0. The van der Waals surface area contributed by atoms with Crippen molar-refractivity contribution in [1.82, 2.24) is 0 Å². The van der Waals surface area contributed by atoms with Gasteiger partial charge in [0.15, 0.2) is 0 Å². The number of aryl methyl sites for hydroxylation is 1. The molecule has 0 amide bonds. The van der Waals surface area contributed by atoms with Gasteiger partial charge in [0.05, 0.1) is 0 Å². The van der Waals surface area contributed by atoms with Crippen molar-refractivity contribution in [2.75, 3.05) is 0 Å². The molecule has 0 unspecified atom stereocenters. The Morgan fingerprint density at radius 3 is 2.67 bits per heavy atom. The van der Waals surface area contributed by atoms with Crippen molar-refractivity contribution < 1.29 is 0 Å². The zero-order chi connectivity index (χ0) is 6.85. The lowest BCUT2D eigenvalue weighted by atomic mass is 10.4. The molecule has 0 radical (unpaired) electrons. The third-order valence-electron chi connectivity index (χ3n) is 0.967. The van der Waals surface area contributed by atoms with Crippen molar-refractivity contribution >= 4 is 27.3 Å². The summed E-state index contributed by atoms with van der Waals surface area (Å²) in [5.74, 6) is 0. The Kier molecular flexibility index (Phi) is 1.89. The van der Waals surface area contributed by atoms with Crippen LogP contribution in [0.3, 0.4) is 0 Å². The molecule has 1 aromatic heterocycles. The lowest BCUT2D eigenvalue weighted by Gasteiger charge is -1.77. The highest BCUT2D eigenvalue weighted by atomic mass is 79.9. The maximum absolute atomic E-state index is 8.41. The average Bonchev–Trinajstić information content (AvgIpc) is 2.13. The zero-order valence-electron chi connectivity index (χ0n) is 4.81. The molecule has 1 rings (SSSR count). The van der Waals surface area contributed by atoms with Gasteiger partial charge in [-0.3, -0.25) is 0 Å². The van der Waals surface area contributed by atoms with Crippen LogP contribution in [0.1, 0.15) is 9.75 Å². The van der Waals surface area contributed by atoms with Crippen LogP contribution in [0.15, 0.2) is 10.5 Å². The van der Waals surface area contributed by atoms with Crippen LogP contribution < -0.4 is 0 Å². The van der Waals surface area contributed by atoms with Crippen molar-refractivity contribution in [3.63, 3.8) is 0 Å². The third-order valence-corrected chi connectivity index (χ3v) is 3.01. The van der Waals surface area contributed by atoms with Gasteiger partial charge in [-0.05, 0) is 28.9 Å². The van der Waals surface area contributed by atoms with Crippen LogP contribution in [-0.2, 0) is 0 Å². The van der Waals surface area contributed by atoms with Gasteiger partial charge in [0.25, 0.3) is 0 Å². The maximum Gasteiger partial charge on any atom is 0.110 e. The molecule has 1 aromatic rings. The monoisotopic (exact) mass is 201 g/mol. The minimum Gasteiger partial charge on any atom is -0.192 e. The molecule has 0 bridgehead atoms. The minimum atomic E-state index is 0.763. The molecule has 0 N–H and O–H groups in total. The van der Waals surface area contributed by atoms with Crippen LogP contribution in [-0.4, -0.2) is 0 Å². The van der Waals surface area contributed by atoms with Gasteiger partial charge in [0.2, 0.25) is 0 Å². The van der Waals surface area contributed by atoms with Gasteiger partial charge in [0, 0.05) is 9.35 Å². The van der Waals surface area contributed by atoms with E-state index in [1.54, 1.807) is 0 Å². The van der Waals surface area contributed by atoms with Crippen molar-refractivity contribution in [1.29, 1.82) is 5.26 Å². The molecule has 0 aliphatic rings. The van der Waals surface area contributed by atoms with Gasteiger partial charge in [-0.25, -0.2) is 0 Å². The zero-order valence-corrected chi connectivity index (χ0v) is 7.21. The summed E-state index contributed by atoms with van der Waals surface area (Å²) in [5.41, 5.74) is 0. The SMILES string of the molecule is Cc1sc(C#N)cc1Br. The van der Waals surface area contributed by atoms with Gasteiger partial charge in [-0.1, -0.05) is 0 Å². The summed E-state index contributed by atoms with van der Waals surface area (Å²) in [6, 6.07) is 3.91. The Hall–Kier alpha value is -0.330. The molecule has 0 aliphatic carbocycles. The standard InChI is InChI=1S/C6H4BrNS/c1-4-6(7)2-5(3-8)9-4/h2H,1H3. The Balaban J connectivity index is 3.16. The Bertz CT molecular complexity index is 239. The molecule has 0 saturated carbocycles. The van der Waals surface area contributed by atoms with Crippen LogP contribution in [0, 0.1) is 18.3 Å². The summed E-state index contributed by atoms with van der Waals surface area (Å²) in [6.45, 7) is 1.98. The maximum atomic E-state index is 8.41. The first-order chi connectivity index (χ1) is 4.24. The van der Waals surface area contributed by atoms with E-state index in [2.05, 4.69) is 22.0 Å². The topological polar surface area (TPSA) is 23.8 Å². The molecule has 0 atom stereocenters. The Morgan fingerprint density at radius 1 is 1.78 bits per heavy atom. The highest BCUT2D eigenvalue weighted by molar-refractivity contribution is 9.10. The second kappa shape index (κ2) is 2.51. The Morgan fingerprint density at radius 2 is 2.44 bits per heavy atom. The number of halogens is 1. The first kappa shape index (κ1) is 6.79. The predicted molar refractivity (Wildman–Crippen MR) is 41.5 cm³/mol. The van der Waals surface area contributed by atoms with Crippen LogP contribution in [0.2, 0.25) is 0 Å². The van der Waals surface area contributed by atoms with Gasteiger partial charge >= 0.3 is 0 Å². The summed E-state index contributed by atoms with van der Waals surface area (Å²) in [5, 5.41) is 8.41. The largest absolute Gasteiger partial charge is 0.192 e. The van der Waals surface area contributed by atoms with E-state index in [9.17, 15) is 0 Å². The van der Waals surface area contributed by atoms with Gasteiger partial charge in [-0.2, -0.15) is 5.26 Å². The molecule has 0 saturated heterocycles. The first-order valence-electron chi connectivity index (χ1n) is 2.40. The van der Waals surface area contributed by atoms with E-state index in [4.69, 9.17) is 5.26 Å². The number of thiophene rings is 1. The normalized spacial score (nSPS) is 9.00. The molecule has 1 nitrogen and oxygen atoms in total. The fourth-order valence-corrected chi connectivity index (χ4v) is 1.85. The van der Waals surface area contributed by atoms with Crippen molar-refractivity contribution in [2.24, 2.45) is 0 Å². The molecule has 1 heterocycles. The molecule has 0 aromatic carbocycles. The average molecular weight is 202 g/mol. The molecular weight excluding hydrogens is 198 g/mol. The van der Waals surface area contributed by atoms with E-state index in [0.29, 0.717) is 0 Å². The smallest absolute Gasteiger partial charge is 0.110 e. The number of rotatable bonds is 0. The van der Waals surface area contributed by atoms with Crippen LogP contribution >= 0.6 is 27.3 Å². The molecule has 0 spiro atoms. The van der Waals surface area contributed by atoms with Gasteiger partial charge in [-0.15, -0.1) is 11.3 Å². The molecule has 9 heavy (non-hydrogen) atoms. The second-order valence-corrected chi connectivity index (χ2v) is 3.74. The fraction of sp³-hybridized carbons (Fsp3) is 0.167. The first-order valence-corrected chi connectivity index (χ1v) is 4.01. The minimum absolute atomic E-state index is 0.763. The lowest BCUT2D eigenvalue weighted by Crippen LogP contribution is -1.54. The molecule has 0 aliphatic heterocycles. The van der Waals surface area contributed by atoms with Crippen LogP contribution in [0.4, 0.5) is 0 Å². The van der Waals surface area contributed by atoms with E-state index in [1.807, 2.05) is 13.0 Å². The summed E-state index contributed by atoms with van der Waals surface area (Å²) in [7, 11) is 0. The van der Waals surface area contributed by atoms with E-state index in [-0.39, 0.29) is 0 Å². The van der Waals surface area contributed by atoms with E-state index in [0.717, 1.165) is 14.2 Å². The molecule has 0 fully saturated rings.